The Kier molecular flexibility index (Phi) is 7.39. The van der Waals surface area contributed by atoms with Gasteiger partial charge >= 0.3 is 0 Å². The van der Waals surface area contributed by atoms with E-state index in [-0.39, 0.29) is 30.3 Å². The Bertz CT molecular complexity index is 450. The van der Waals surface area contributed by atoms with Crippen LogP contribution in [0, 0.1) is 0 Å². The number of hydrogen-bond acceptors (Lipinski definition) is 4. The van der Waals surface area contributed by atoms with Gasteiger partial charge in [-0.25, -0.2) is 0 Å². The lowest BCUT2D eigenvalue weighted by Gasteiger charge is -2.26. The van der Waals surface area contributed by atoms with E-state index in [9.17, 15) is 4.79 Å². The third-order valence-electron chi connectivity index (χ3n) is 3.08. The van der Waals surface area contributed by atoms with E-state index in [0.717, 1.165) is 5.56 Å². The number of benzene rings is 1. The molecule has 20 heavy (non-hydrogen) atoms. The fourth-order valence-corrected chi connectivity index (χ4v) is 1.75. The summed E-state index contributed by atoms with van der Waals surface area (Å²) in [7, 11) is 3.20. The van der Waals surface area contributed by atoms with E-state index in [4.69, 9.17) is 15.2 Å². The molecule has 0 aliphatic rings. The fraction of sp³-hybridized carbons (Fsp3) is 0.500. The Hall–Kier alpha value is -1.46. The molecule has 3 N–H and O–H groups in total. The molecule has 1 rings (SSSR count). The molecule has 0 bridgehead atoms. The topological polar surface area (TPSA) is 73.6 Å². The van der Waals surface area contributed by atoms with Gasteiger partial charge in [-0.05, 0) is 17.7 Å². The minimum atomic E-state index is -0.218. The number of ether oxygens (including phenoxy) is 2. The predicted octanol–water partition coefficient (Wildman–Crippen LogP) is 1.48. The molecule has 0 aliphatic heterocycles. The summed E-state index contributed by atoms with van der Waals surface area (Å²) in [6.45, 7) is 4.61. The molecular weight excluding hydrogens is 280 g/mol. The Morgan fingerprint density at radius 3 is 2.35 bits per heavy atom. The lowest BCUT2D eigenvalue weighted by Crippen LogP contribution is -2.39. The van der Waals surface area contributed by atoms with Crippen molar-refractivity contribution in [2.75, 3.05) is 27.3 Å². The van der Waals surface area contributed by atoms with Crippen LogP contribution < -0.4 is 20.5 Å². The van der Waals surface area contributed by atoms with Gasteiger partial charge in [0.25, 0.3) is 0 Å². The Morgan fingerprint density at radius 2 is 1.85 bits per heavy atom. The quantitative estimate of drug-likeness (QED) is 0.835. The van der Waals surface area contributed by atoms with Crippen LogP contribution in [-0.4, -0.2) is 33.2 Å². The van der Waals surface area contributed by atoms with Gasteiger partial charge in [0.2, 0.25) is 5.91 Å². The summed E-state index contributed by atoms with van der Waals surface area (Å²) in [5.41, 5.74) is 6.11. The number of halogens is 1. The smallest absolute Gasteiger partial charge is 0.233 e. The van der Waals surface area contributed by atoms with Crippen LogP contribution in [0.4, 0.5) is 0 Å². The van der Waals surface area contributed by atoms with E-state index >= 15 is 0 Å². The summed E-state index contributed by atoms with van der Waals surface area (Å²) in [4.78, 5) is 11.2. The maximum atomic E-state index is 11.2. The number of methoxy groups -OCH3 is 2. The standard InChI is InChI=1S/C14H22N2O3.ClH/c1-14(2,9-16-13(17)8-15)10-5-6-11(18-3)12(7-10)19-4;/h5-7H,8-9,15H2,1-4H3,(H,16,17);1H. The highest BCUT2D eigenvalue weighted by Gasteiger charge is 2.22. The Morgan fingerprint density at radius 1 is 1.25 bits per heavy atom. The Balaban J connectivity index is 0.00000361. The summed E-state index contributed by atoms with van der Waals surface area (Å²) >= 11 is 0. The number of carbonyl (C=O) groups excluding carboxylic acids is 1. The van der Waals surface area contributed by atoms with Gasteiger partial charge in [-0.2, -0.15) is 0 Å². The molecule has 0 fully saturated rings. The van der Waals surface area contributed by atoms with E-state index in [1.165, 1.54) is 0 Å². The largest absolute Gasteiger partial charge is 0.493 e. The van der Waals surface area contributed by atoms with Gasteiger partial charge < -0.3 is 20.5 Å². The first kappa shape index (κ1) is 18.5. The number of rotatable bonds is 6. The van der Waals surface area contributed by atoms with Crippen molar-refractivity contribution < 1.29 is 14.3 Å². The van der Waals surface area contributed by atoms with Gasteiger partial charge in [0, 0.05) is 12.0 Å². The third kappa shape index (κ3) is 4.58. The summed E-state index contributed by atoms with van der Waals surface area (Å²) in [5.74, 6) is 1.21. The zero-order valence-electron chi connectivity index (χ0n) is 12.4. The average Bonchev–Trinajstić information content (AvgIpc) is 2.43. The van der Waals surface area contributed by atoms with Crippen LogP contribution in [-0.2, 0) is 10.2 Å². The number of nitrogens with one attached hydrogen (secondary N) is 1. The zero-order chi connectivity index (χ0) is 14.5. The monoisotopic (exact) mass is 302 g/mol. The van der Waals surface area contributed by atoms with Gasteiger partial charge in [0.1, 0.15) is 0 Å². The fourth-order valence-electron chi connectivity index (χ4n) is 1.75. The molecule has 0 atom stereocenters. The number of carbonyl (C=O) groups is 1. The summed E-state index contributed by atoms with van der Waals surface area (Å²) in [6.07, 6.45) is 0. The van der Waals surface area contributed by atoms with Crippen LogP contribution in [0.3, 0.4) is 0 Å². The van der Waals surface area contributed by atoms with Crippen LogP contribution in [0.15, 0.2) is 18.2 Å². The summed E-state index contributed by atoms with van der Waals surface area (Å²) in [6, 6.07) is 5.75. The van der Waals surface area contributed by atoms with Gasteiger partial charge in [-0.3, -0.25) is 4.79 Å². The van der Waals surface area contributed by atoms with Gasteiger partial charge in [0.05, 0.1) is 20.8 Å². The molecule has 1 aromatic rings. The highest BCUT2D eigenvalue weighted by Crippen LogP contribution is 2.32. The van der Waals surface area contributed by atoms with Gasteiger partial charge in [0.15, 0.2) is 11.5 Å². The van der Waals surface area contributed by atoms with E-state index in [1.807, 2.05) is 32.0 Å². The maximum Gasteiger partial charge on any atom is 0.233 e. The molecule has 0 radical (unpaired) electrons. The second-order valence-electron chi connectivity index (χ2n) is 4.93. The molecular formula is C14H23ClN2O3. The van der Waals surface area contributed by atoms with Crippen molar-refractivity contribution in [3.63, 3.8) is 0 Å². The van der Waals surface area contributed by atoms with Crippen molar-refractivity contribution in [1.82, 2.24) is 5.32 Å². The second kappa shape index (κ2) is 7.97. The van der Waals surface area contributed by atoms with Crippen LogP contribution in [0.25, 0.3) is 0 Å². The zero-order valence-corrected chi connectivity index (χ0v) is 13.2. The summed E-state index contributed by atoms with van der Waals surface area (Å²) in [5, 5.41) is 2.80. The van der Waals surface area contributed by atoms with Gasteiger partial charge in [-0.15, -0.1) is 12.4 Å². The SMILES string of the molecule is COc1ccc(C(C)(C)CNC(=O)CN)cc1OC.Cl. The highest BCUT2D eigenvalue weighted by molar-refractivity contribution is 5.85. The number of amides is 1. The molecule has 0 saturated heterocycles. The molecule has 0 aromatic heterocycles. The second-order valence-corrected chi connectivity index (χ2v) is 4.93. The molecule has 114 valence electrons. The number of nitrogens with two attached hydrogens (primary N) is 1. The van der Waals surface area contributed by atoms with Gasteiger partial charge in [-0.1, -0.05) is 19.9 Å². The first-order valence-corrected chi connectivity index (χ1v) is 6.14. The van der Waals surface area contributed by atoms with E-state index in [1.54, 1.807) is 14.2 Å². The number of hydrogen-bond donors (Lipinski definition) is 2. The lowest BCUT2D eigenvalue weighted by molar-refractivity contribution is -0.119. The average molecular weight is 303 g/mol. The van der Waals surface area contributed by atoms with Crippen molar-refractivity contribution in [3.05, 3.63) is 23.8 Å². The van der Waals surface area contributed by atoms with E-state index in [0.29, 0.717) is 18.0 Å². The van der Waals surface area contributed by atoms with Crippen molar-refractivity contribution in [2.45, 2.75) is 19.3 Å². The van der Waals surface area contributed by atoms with Crippen molar-refractivity contribution in [3.8, 4) is 11.5 Å². The Labute approximate surface area is 126 Å². The highest BCUT2D eigenvalue weighted by atomic mass is 35.5. The van der Waals surface area contributed by atoms with Crippen LogP contribution in [0.2, 0.25) is 0 Å². The third-order valence-corrected chi connectivity index (χ3v) is 3.08. The molecule has 0 heterocycles. The summed E-state index contributed by atoms with van der Waals surface area (Å²) < 4.78 is 10.5. The first-order valence-electron chi connectivity index (χ1n) is 6.14. The van der Waals surface area contributed by atoms with Crippen LogP contribution in [0.5, 0.6) is 11.5 Å². The van der Waals surface area contributed by atoms with E-state index in [2.05, 4.69) is 5.32 Å². The molecule has 0 aliphatic carbocycles. The lowest BCUT2D eigenvalue weighted by atomic mass is 9.84. The van der Waals surface area contributed by atoms with Crippen LogP contribution >= 0.6 is 12.4 Å². The molecule has 0 saturated carbocycles. The molecule has 0 spiro atoms. The maximum absolute atomic E-state index is 11.2. The molecule has 0 unspecified atom stereocenters. The first-order chi connectivity index (χ1) is 8.94. The molecule has 1 aromatic carbocycles. The predicted molar refractivity (Wildman–Crippen MR) is 81.9 cm³/mol. The van der Waals surface area contributed by atoms with E-state index < -0.39 is 0 Å². The van der Waals surface area contributed by atoms with Crippen molar-refractivity contribution in [1.29, 1.82) is 0 Å². The van der Waals surface area contributed by atoms with Crippen LogP contribution in [0.1, 0.15) is 19.4 Å². The molecule has 5 nitrogen and oxygen atoms in total. The van der Waals surface area contributed by atoms with Crippen molar-refractivity contribution in [2.24, 2.45) is 5.73 Å². The molecule has 1 amide bonds. The van der Waals surface area contributed by atoms with Crippen molar-refractivity contribution >= 4 is 18.3 Å². The normalized spacial score (nSPS) is 10.4. The minimum Gasteiger partial charge on any atom is -0.493 e. The minimum absolute atomic E-state index is 0. The molecule has 6 heteroatoms.